The van der Waals surface area contributed by atoms with E-state index in [1.54, 1.807) is 0 Å². The van der Waals surface area contributed by atoms with Crippen LogP contribution < -0.4 is 0 Å². The Morgan fingerprint density at radius 3 is 2.18 bits per heavy atom. The van der Waals surface area contributed by atoms with Gasteiger partial charge in [0.2, 0.25) is 5.91 Å². The van der Waals surface area contributed by atoms with Crippen LogP contribution in [0, 0.1) is 0 Å². The molecule has 0 bridgehead atoms. The Hall–Kier alpha value is -0.790. The van der Waals surface area contributed by atoms with Crippen molar-refractivity contribution in [2.75, 3.05) is 11.5 Å². The molecule has 1 aliphatic heterocycles. The van der Waals surface area contributed by atoms with Crippen LogP contribution >= 0.6 is 0 Å². The second-order valence-corrected chi connectivity index (χ2v) is 8.49. The van der Waals surface area contributed by atoms with E-state index in [2.05, 4.69) is 0 Å². The van der Waals surface area contributed by atoms with Crippen LogP contribution in [-0.4, -0.2) is 49.0 Å². The van der Waals surface area contributed by atoms with E-state index in [0.717, 1.165) is 32.1 Å². The Morgan fingerprint density at radius 1 is 1.05 bits per heavy atom. The molecule has 0 aromatic carbocycles. The number of alkyl halides is 3. The molecule has 1 saturated carbocycles. The fourth-order valence-corrected chi connectivity index (χ4v) is 5.15. The second kappa shape index (κ2) is 6.76. The number of hydrogen-bond donors (Lipinski definition) is 0. The zero-order valence-electron chi connectivity index (χ0n) is 12.4. The van der Waals surface area contributed by atoms with E-state index in [1.165, 1.54) is 4.90 Å². The van der Waals surface area contributed by atoms with Crippen LogP contribution in [-0.2, 0) is 14.6 Å². The van der Waals surface area contributed by atoms with Gasteiger partial charge in [0.15, 0.2) is 9.84 Å². The average Bonchev–Trinajstić information content (AvgIpc) is 2.77. The number of halogens is 3. The van der Waals surface area contributed by atoms with Crippen molar-refractivity contribution in [1.82, 2.24) is 4.90 Å². The van der Waals surface area contributed by atoms with Gasteiger partial charge in [0, 0.05) is 18.5 Å². The molecule has 22 heavy (non-hydrogen) atoms. The van der Waals surface area contributed by atoms with Crippen LogP contribution in [0.5, 0.6) is 0 Å². The van der Waals surface area contributed by atoms with Gasteiger partial charge in [-0.15, -0.1) is 0 Å². The summed E-state index contributed by atoms with van der Waals surface area (Å²) in [6.45, 7) is 0. The Morgan fingerprint density at radius 2 is 1.68 bits per heavy atom. The van der Waals surface area contributed by atoms with E-state index >= 15 is 0 Å². The number of carbonyl (C=O) groups excluding carboxylic acids is 1. The maximum Gasteiger partial charge on any atom is 0.389 e. The van der Waals surface area contributed by atoms with Crippen molar-refractivity contribution in [2.24, 2.45) is 0 Å². The largest absolute Gasteiger partial charge is 0.389 e. The summed E-state index contributed by atoms with van der Waals surface area (Å²) in [7, 11) is -3.17. The fourth-order valence-electron chi connectivity index (χ4n) is 3.44. The lowest BCUT2D eigenvalue weighted by atomic mass is 9.92. The molecular formula is C14H22F3NO3S. The first-order valence-corrected chi connectivity index (χ1v) is 9.58. The normalized spacial score (nSPS) is 26.0. The molecule has 128 valence electrons. The van der Waals surface area contributed by atoms with E-state index in [-0.39, 0.29) is 17.5 Å². The smallest absolute Gasteiger partial charge is 0.336 e. The lowest BCUT2D eigenvalue weighted by Crippen LogP contribution is -2.48. The predicted molar refractivity (Wildman–Crippen MR) is 76.1 cm³/mol. The standard InChI is InChI=1S/C14H22F3NO3S/c15-14(16,17)8-6-13(19)18(11-4-2-1-3-5-11)12-7-9-22(20,21)10-12/h11-12H,1-10H2/t12-/m0/s1. The molecule has 0 aromatic heterocycles. The van der Waals surface area contributed by atoms with Crippen molar-refractivity contribution in [3.05, 3.63) is 0 Å². The second-order valence-electron chi connectivity index (χ2n) is 6.26. The van der Waals surface area contributed by atoms with Crippen LogP contribution in [0.2, 0.25) is 0 Å². The zero-order chi connectivity index (χ0) is 16.4. The van der Waals surface area contributed by atoms with Gasteiger partial charge in [-0.3, -0.25) is 4.79 Å². The molecule has 0 unspecified atom stereocenters. The number of hydrogen-bond acceptors (Lipinski definition) is 3. The highest BCUT2D eigenvalue weighted by Gasteiger charge is 2.39. The zero-order valence-corrected chi connectivity index (χ0v) is 13.3. The lowest BCUT2D eigenvalue weighted by Gasteiger charge is -2.38. The van der Waals surface area contributed by atoms with Crippen molar-refractivity contribution in [2.45, 2.75) is 69.6 Å². The quantitative estimate of drug-likeness (QED) is 0.790. The third-order valence-electron chi connectivity index (χ3n) is 4.48. The summed E-state index contributed by atoms with van der Waals surface area (Å²) in [4.78, 5) is 13.8. The van der Waals surface area contributed by atoms with Crippen molar-refractivity contribution in [3.8, 4) is 0 Å². The summed E-state index contributed by atoms with van der Waals surface area (Å²) < 4.78 is 60.4. The molecule has 4 nitrogen and oxygen atoms in total. The molecule has 2 aliphatic rings. The van der Waals surface area contributed by atoms with Crippen LogP contribution in [0.3, 0.4) is 0 Å². The van der Waals surface area contributed by atoms with Gasteiger partial charge in [0.25, 0.3) is 0 Å². The molecule has 0 radical (unpaired) electrons. The van der Waals surface area contributed by atoms with E-state index in [0.29, 0.717) is 6.42 Å². The molecular weight excluding hydrogens is 319 g/mol. The Balaban J connectivity index is 2.09. The maximum absolute atomic E-state index is 12.4. The minimum Gasteiger partial charge on any atom is -0.336 e. The Labute approximate surface area is 129 Å². The topological polar surface area (TPSA) is 54.5 Å². The van der Waals surface area contributed by atoms with Gasteiger partial charge in [-0.25, -0.2) is 8.42 Å². The first-order valence-electron chi connectivity index (χ1n) is 7.76. The van der Waals surface area contributed by atoms with Crippen molar-refractivity contribution in [1.29, 1.82) is 0 Å². The highest BCUT2D eigenvalue weighted by molar-refractivity contribution is 7.91. The van der Waals surface area contributed by atoms with Crippen LogP contribution in [0.15, 0.2) is 0 Å². The summed E-state index contributed by atoms with van der Waals surface area (Å²) in [5.74, 6) is -0.638. The third kappa shape index (κ3) is 4.86. The molecule has 0 aromatic rings. The number of nitrogens with zero attached hydrogens (tertiary/aromatic N) is 1. The van der Waals surface area contributed by atoms with Crippen molar-refractivity contribution in [3.63, 3.8) is 0 Å². The first kappa shape index (κ1) is 17.6. The molecule has 1 amide bonds. The molecule has 0 spiro atoms. The monoisotopic (exact) mass is 341 g/mol. The van der Waals surface area contributed by atoms with E-state index in [9.17, 15) is 26.4 Å². The molecule has 1 aliphatic carbocycles. The highest BCUT2D eigenvalue weighted by atomic mass is 32.2. The van der Waals surface area contributed by atoms with Gasteiger partial charge in [-0.05, 0) is 19.3 Å². The maximum atomic E-state index is 12.4. The summed E-state index contributed by atoms with van der Waals surface area (Å²) in [6.07, 6.45) is -1.30. The van der Waals surface area contributed by atoms with Crippen LogP contribution in [0.4, 0.5) is 13.2 Å². The van der Waals surface area contributed by atoms with Crippen molar-refractivity contribution >= 4 is 15.7 Å². The summed E-state index contributed by atoms with van der Waals surface area (Å²) in [5, 5.41) is 0. The third-order valence-corrected chi connectivity index (χ3v) is 6.23. The summed E-state index contributed by atoms with van der Waals surface area (Å²) >= 11 is 0. The van der Waals surface area contributed by atoms with Gasteiger partial charge in [-0.1, -0.05) is 19.3 Å². The first-order chi connectivity index (χ1) is 10.2. The van der Waals surface area contributed by atoms with Gasteiger partial charge in [0.1, 0.15) is 0 Å². The average molecular weight is 341 g/mol. The van der Waals surface area contributed by atoms with Crippen molar-refractivity contribution < 1.29 is 26.4 Å². The summed E-state index contributed by atoms with van der Waals surface area (Å²) in [6, 6.07) is -0.554. The molecule has 1 heterocycles. The molecule has 1 saturated heterocycles. The van der Waals surface area contributed by atoms with E-state index < -0.39 is 40.8 Å². The van der Waals surface area contributed by atoms with Crippen LogP contribution in [0.25, 0.3) is 0 Å². The molecule has 2 rings (SSSR count). The molecule has 8 heteroatoms. The fraction of sp³-hybridized carbons (Fsp3) is 0.929. The Bertz CT molecular complexity index is 498. The molecule has 1 atom stereocenters. The van der Waals surface area contributed by atoms with Gasteiger partial charge in [0.05, 0.1) is 17.9 Å². The van der Waals surface area contributed by atoms with E-state index in [1.807, 2.05) is 0 Å². The minimum absolute atomic E-state index is 0.0213. The van der Waals surface area contributed by atoms with E-state index in [4.69, 9.17) is 0 Å². The molecule has 0 N–H and O–H groups in total. The summed E-state index contributed by atoms with van der Waals surface area (Å²) in [5.41, 5.74) is 0. The number of rotatable bonds is 4. The predicted octanol–water partition coefficient (Wildman–Crippen LogP) is 2.68. The Kier molecular flexibility index (Phi) is 5.40. The number of carbonyl (C=O) groups is 1. The van der Waals surface area contributed by atoms with Gasteiger partial charge in [-0.2, -0.15) is 13.2 Å². The SMILES string of the molecule is O=C(CCC(F)(F)F)N(C1CCCCC1)[C@H]1CCS(=O)(=O)C1. The van der Waals surface area contributed by atoms with Gasteiger partial charge >= 0.3 is 6.18 Å². The number of sulfone groups is 1. The minimum atomic E-state index is -4.37. The van der Waals surface area contributed by atoms with Crippen LogP contribution in [0.1, 0.15) is 51.4 Å². The number of amides is 1. The highest BCUT2D eigenvalue weighted by Crippen LogP contribution is 2.30. The van der Waals surface area contributed by atoms with Gasteiger partial charge < -0.3 is 4.90 Å². The lowest BCUT2D eigenvalue weighted by molar-refractivity contribution is -0.152. The molecule has 2 fully saturated rings.